The van der Waals surface area contributed by atoms with Crippen molar-refractivity contribution < 1.29 is 4.79 Å². The van der Waals surface area contributed by atoms with E-state index in [9.17, 15) is 14.4 Å². The summed E-state index contributed by atoms with van der Waals surface area (Å²) in [5, 5.41) is 5.40. The molecule has 1 aromatic carbocycles. The van der Waals surface area contributed by atoms with E-state index in [2.05, 4.69) is 27.5 Å². The van der Waals surface area contributed by atoms with Gasteiger partial charge >= 0.3 is 11.7 Å². The van der Waals surface area contributed by atoms with Crippen LogP contribution in [0.2, 0.25) is 0 Å². The van der Waals surface area contributed by atoms with Gasteiger partial charge in [0, 0.05) is 28.9 Å². The van der Waals surface area contributed by atoms with E-state index in [-0.39, 0.29) is 12.6 Å². The first-order chi connectivity index (χ1) is 11.6. The molecule has 2 aromatic rings. The molecule has 0 aliphatic carbocycles. The summed E-state index contributed by atoms with van der Waals surface area (Å²) in [5.41, 5.74) is 0.124. The molecule has 0 bridgehead atoms. The molecule has 1 heterocycles. The molecule has 0 unspecified atom stereocenters. The summed E-state index contributed by atoms with van der Waals surface area (Å²) in [6, 6.07) is 7.30. The number of hydrogen-bond donors (Lipinski definition) is 4. The minimum Gasteiger partial charge on any atom is -0.338 e. The highest BCUT2D eigenvalue weighted by Gasteiger charge is 2.04. The van der Waals surface area contributed by atoms with Crippen molar-refractivity contribution in [3.8, 4) is 0 Å². The molecule has 7 nitrogen and oxygen atoms in total. The number of amides is 2. The topological polar surface area (TPSA) is 107 Å². The van der Waals surface area contributed by atoms with Crippen LogP contribution in [0.4, 0.5) is 10.5 Å². The van der Waals surface area contributed by atoms with Crippen LogP contribution in [0.3, 0.4) is 0 Å². The first-order valence-corrected chi connectivity index (χ1v) is 8.65. The third-order valence-corrected chi connectivity index (χ3v) is 4.38. The smallest absolute Gasteiger partial charge is 0.325 e. The van der Waals surface area contributed by atoms with Gasteiger partial charge in [0.25, 0.3) is 5.56 Å². The zero-order valence-corrected chi connectivity index (χ0v) is 14.2. The van der Waals surface area contributed by atoms with Gasteiger partial charge in [0.15, 0.2) is 0 Å². The van der Waals surface area contributed by atoms with Crippen LogP contribution < -0.4 is 21.9 Å². The van der Waals surface area contributed by atoms with E-state index < -0.39 is 11.2 Å². The first-order valence-electron chi connectivity index (χ1n) is 7.67. The zero-order chi connectivity index (χ0) is 17.4. The average Bonchev–Trinajstić information content (AvgIpc) is 2.56. The van der Waals surface area contributed by atoms with Crippen LogP contribution in [0.15, 0.2) is 44.9 Å². The molecule has 8 heteroatoms. The number of urea groups is 1. The lowest BCUT2D eigenvalue weighted by Crippen LogP contribution is -2.32. The Morgan fingerprint density at radius 2 is 1.96 bits per heavy atom. The fourth-order valence-corrected chi connectivity index (χ4v) is 2.73. The standard InChI is InChI=1S/C16H20N4O3S/c1-2-9-24-13-5-3-12(4-6-13)19-15(22)17-8-7-11-10-18-16(23)20-14(11)21/h3-6,10H,2,7-9H2,1H3,(H2,17,19,22)(H2,18,20,21,23). The largest absolute Gasteiger partial charge is 0.338 e. The van der Waals surface area contributed by atoms with Crippen molar-refractivity contribution in [3.05, 3.63) is 56.9 Å². The van der Waals surface area contributed by atoms with Gasteiger partial charge in [-0.3, -0.25) is 9.78 Å². The zero-order valence-electron chi connectivity index (χ0n) is 13.3. The molecular weight excluding hydrogens is 328 g/mol. The van der Waals surface area contributed by atoms with Gasteiger partial charge in [-0.25, -0.2) is 9.59 Å². The summed E-state index contributed by atoms with van der Waals surface area (Å²) < 4.78 is 0. The van der Waals surface area contributed by atoms with Crippen molar-refractivity contribution in [1.29, 1.82) is 0 Å². The highest BCUT2D eigenvalue weighted by Crippen LogP contribution is 2.20. The van der Waals surface area contributed by atoms with Crippen LogP contribution in [-0.4, -0.2) is 28.3 Å². The Morgan fingerprint density at radius 3 is 2.62 bits per heavy atom. The van der Waals surface area contributed by atoms with Gasteiger partial charge in [0.1, 0.15) is 0 Å². The average molecular weight is 348 g/mol. The van der Waals surface area contributed by atoms with Crippen molar-refractivity contribution in [2.24, 2.45) is 0 Å². The quantitative estimate of drug-likeness (QED) is 0.574. The Kier molecular flexibility index (Phi) is 6.68. The number of carbonyl (C=O) groups excluding carboxylic acids is 1. The molecule has 0 atom stereocenters. The maximum Gasteiger partial charge on any atom is 0.325 e. The molecule has 0 fully saturated rings. The van der Waals surface area contributed by atoms with Gasteiger partial charge in [-0.05, 0) is 42.9 Å². The Balaban J connectivity index is 1.78. The number of carbonyl (C=O) groups is 1. The molecule has 128 valence electrons. The lowest BCUT2D eigenvalue weighted by molar-refractivity contribution is 0.252. The lowest BCUT2D eigenvalue weighted by Gasteiger charge is -2.08. The van der Waals surface area contributed by atoms with Crippen molar-refractivity contribution in [3.63, 3.8) is 0 Å². The molecule has 2 amide bonds. The number of rotatable bonds is 7. The monoisotopic (exact) mass is 348 g/mol. The van der Waals surface area contributed by atoms with E-state index >= 15 is 0 Å². The number of thioether (sulfide) groups is 1. The molecule has 0 radical (unpaired) electrons. The number of anilines is 1. The van der Waals surface area contributed by atoms with Gasteiger partial charge in [-0.15, -0.1) is 11.8 Å². The van der Waals surface area contributed by atoms with Crippen LogP contribution in [0.5, 0.6) is 0 Å². The molecule has 0 aliphatic rings. The van der Waals surface area contributed by atoms with Gasteiger partial charge in [-0.1, -0.05) is 6.92 Å². The van der Waals surface area contributed by atoms with Gasteiger partial charge in [0.2, 0.25) is 0 Å². The number of hydrogen-bond acceptors (Lipinski definition) is 4. The molecule has 0 spiro atoms. The minimum atomic E-state index is -0.546. The van der Waals surface area contributed by atoms with E-state index in [1.54, 1.807) is 11.8 Å². The summed E-state index contributed by atoms with van der Waals surface area (Å²) in [6.07, 6.45) is 2.80. The van der Waals surface area contributed by atoms with Gasteiger partial charge < -0.3 is 15.6 Å². The Hall–Kier alpha value is -2.48. The van der Waals surface area contributed by atoms with E-state index in [1.807, 2.05) is 24.3 Å². The van der Waals surface area contributed by atoms with E-state index in [0.29, 0.717) is 17.7 Å². The molecular formula is C16H20N4O3S. The highest BCUT2D eigenvalue weighted by atomic mass is 32.2. The Morgan fingerprint density at radius 1 is 1.21 bits per heavy atom. The molecule has 1 aromatic heterocycles. The summed E-state index contributed by atoms with van der Waals surface area (Å²) in [6.45, 7) is 2.42. The Labute approximate surface area is 143 Å². The number of aromatic amines is 2. The summed E-state index contributed by atoms with van der Waals surface area (Å²) in [5.74, 6) is 1.07. The highest BCUT2D eigenvalue weighted by molar-refractivity contribution is 7.99. The van der Waals surface area contributed by atoms with Crippen molar-refractivity contribution in [2.75, 3.05) is 17.6 Å². The second-order valence-corrected chi connectivity index (χ2v) is 6.27. The molecule has 0 aliphatic heterocycles. The third-order valence-electron chi connectivity index (χ3n) is 3.16. The summed E-state index contributed by atoms with van der Waals surface area (Å²) >= 11 is 1.78. The molecule has 0 saturated carbocycles. The summed E-state index contributed by atoms with van der Waals surface area (Å²) in [4.78, 5) is 40.0. The van der Waals surface area contributed by atoms with Crippen molar-refractivity contribution in [1.82, 2.24) is 15.3 Å². The number of nitrogens with one attached hydrogen (secondary N) is 4. The fraction of sp³-hybridized carbons (Fsp3) is 0.312. The molecule has 4 N–H and O–H groups in total. The van der Waals surface area contributed by atoms with E-state index in [1.165, 1.54) is 11.1 Å². The van der Waals surface area contributed by atoms with Crippen molar-refractivity contribution >= 4 is 23.5 Å². The summed E-state index contributed by atoms with van der Waals surface area (Å²) in [7, 11) is 0. The van der Waals surface area contributed by atoms with Crippen LogP contribution >= 0.6 is 11.8 Å². The predicted molar refractivity (Wildman–Crippen MR) is 95.9 cm³/mol. The van der Waals surface area contributed by atoms with Crippen LogP contribution in [0, 0.1) is 0 Å². The second-order valence-electron chi connectivity index (χ2n) is 5.10. The minimum absolute atomic E-state index is 0.283. The molecule has 0 saturated heterocycles. The predicted octanol–water partition coefficient (Wildman–Crippen LogP) is 1.93. The normalized spacial score (nSPS) is 10.4. The number of H-pyrrole nitrogens is 2. The second kappa shape index (κ2) is 8.97. The number of aromatic nitrogens is 2. The van der Waals surface area contributed by atoms with Gasteiger partial charge in [-0.2, -0.15) is 0 Å². The lowest BCUT2D eigenvalue weighted by atomic mass is 10.2. The van der Waals surface area contributed by atoms with E-state index in [4.69, 9.17) is 0 Å². The van der Waals surface area contributed by atoms with Crippen LogP contribution in [0.25, 0.3) is 0 Å². The number of benzene rings is 1. The van der Waals surface area contributed by atoms with Gasteiger partial charge in [0.05, 0.1) is 0 Å². The fourth-order valence-electron chi connectivity index (χ4n) is 1.96. The van der Waals surface area contributed by atoms with Crippen LogP contribution in [-0.2, 0) is 6.42 Å². The maximum atomic E-state index is 11.8. The maximum absolute atomic E-state index is 11.8. The molecule has 24 heavy (non-hydrogen) atoms. The van der Waals surface area contributed by atoms with Crippen molar-refractivity contribution in [2.45, 2.75) is 24.7 Å². The molecule has 2 rings (SSSR count). The third kappa shape index (κ3) is 5.62. The van der Waals surface area contributed by atoms with E-state index in [0.717, 1.165) is 12.2 Å². The Bertz CT molecular complexity index is 783. The first kappa shape index (κ1) is 17.9. The van der Waals surface area contributed by atoms with Crippen LogP contribution in [0.1, 0.15) is 18.9 Å². The SMILES string of the molecule is CCCSc1ccc(NC(=O)NCCc2c[nH]c(=O)[nH]c2=O)cc1.